The van der Waals surface area contributed by atoms with Gasteiger partial charge in [0, 0.05) is 10.9 Å². The second kappa shape index (κ2) is 3.41. The molecule has 0 aliphatic rings. The zero-order chi connectivity index (χ0) is 9.97. The van der Waals surface area contributed by atoms with E-state index in [1.807, 2.05) is 24.3 Å². The van der Waals surface area contributed by atoms with Crippen LogP contribution >= 0.6 is 0 Å². The summed E-state index contributed by atoms with van der Waals surface area (Å²) in [6, 6.07) is 7.72. The zero-order valence-electron chi connectivity index (χ0n) is 7.69. The van der Waals surface area contributed by atoms with Crippen LogP contribution in [-0.4, -0.2) is 23.5 Å². The number of nitrogens with one attached hydrogen (secondary N) is 1. The summed E-state index contributed by atoms with van der Waals surface area (Å²) >= 11 is 0. The van der Waals surface area contributed by atoms with Crippen molar-refractivity contribution >= 4 is 17.1 Å². The highest BCUT2D eigenvalue weighted by Gasteiger charge is 2.08. The molecular weight excluding hydrogens is 180 g/mol. The van der Waals surface area contributed by atoms with Crippen LogP contribution in [0.5, 0.6) is 5.88 Å². The van der Waals surface area contributed by atoms with Crippen LogP contribution in [0.2, 0.25) is 0 Å². The van der Waals surface area contributed by atoms with Crippen molar-refractivity contribution in [1.29, 1.82) is 0 Å². The number of aromatic amines is 1. The van der Waals surface area contributed by atoms with Gasteiger partial charge in [-0.15, -0.1) is 0 Å². The average Bonchev–Trinajstić information content (AvgIpc) is 2.58. The maximum Gasteiger partial charge on any atom is 0.200 e. The molecule has 0 atom stereocenters. The maximum absolute atomic E-state index is 8.52. The number of para-hydroxylation sites is 1. The van der Waals surface area contributed by atoms with Crippen LogP contribution in [0.25, 0.3) is 10.9 Å². The summed E-state index contributed by atoms with van der Waals surface area (Å²) in [6.45, 7) is 0. The number of ether oxygens (including phenoxy) is 1. The van der Waals surface area contributed by atoms with Gasteiger partial charge in [0.05, 0.1) is 18.9 Å². The third-order valence-corrected chi connectivity index (χ3v) is 2.10. The average molecular weight is 190 g/mol. The Balaban J connectivity index is 2.74. The molecule has 2 aromatic rings. The smallest absolute Gasteiger partial charge is 0.200 e. The Labute approximate surface area is 80.8 Å². The lowest BCUT2D eigenvalue weighted by atomic mass is 10.2. The Bertz CT molecular complexity index is 474. The Hall–Kier alpha value is -1.97. The molecule has 0 saturated carbocycles. The second-order valence-corrected chi connectivity index (χ2v) is 2.86. The van der Waals surface area contributed by atoms with E-state index in [1.165, 1.54) is 6.21 Å². The van der Waals surface area contributed by atoms with Crippen molar-refractivity contribution in [2.24, 2.45) is 5.16 Å². The fourth-order valence-corrected chi connectivity index (χ4v) is 1.49. The SMILES string of the molecule is COc1[nH]c2ccccc2c1C=NO. The van der Waals surface area contributed by atoms with Crippen LogP contribution in [-0.2, 0) is 0 Å². The fourth-order valence-electron chi connectivity index (χ4n) is 1.49. The van der Waals surface area contributed by atoms with Crippen molar-refractivity contribution < 1.29 is 9.94 Å². The first-order valence-corrected chi connectivity index (χ1v) is 4.19. The van der Waals surface area contributed by atoms with Gasteiger partial charge in [-0.1, -0.05) is 23.4 Å². The number of benzene rings is 1. The van der Waals surface area contributed by atoms with E-state index in [4.69, 9.17) is 9.94 Å². The highest BCUT2D eigenvalue weighted by atomic mass is 16.5. The quantitative estimate of drug-likeness (QED) is 0.432. The highest BCUT2D eigenvalue weighted by molar-refractivity contribution is 6.01. The van der Waals surface area contributed by atoms with Crippen LogP contribution in [0.1, 0.15) is 5.56 Å². The van der Waals surface area contributed by atoms with Crippen molar-refractivity contribution in [3.8, 4) is 5.88 Å². The van der Waals surface area contributed by atoms with Crippen LogP contribution in [0, 0.1) is 0 Å². The van der Waals surface area contributed by atoms with Crippen LogP contribution in [0.3, 0.4) is 0 Å². The molecule has 0 unspecified atom stereocenters. The molecule has 14 heavy (non-hydrogen) atoms. The predicted molar refractivity (Wildman–Crippen MR) is 54.2 cm³/mol. The van der Waals surface area contributed by atoms with Gasteiger partial charge in [-0.25, -0.2) is 0 Å². The molecule has 1 heterocycles. The molecule has 0 fully saturated rings. The first-order chi connectivity index (χ1) is 6.86. The lowest BCUT2D eigenvalue weighted by Crippen LogP contribution is -1.87. The number of oxime groups is 1. The van der Waals surface area contributed by atoms with Crippen molar-refractivity contribution in [3.63, 3.8) is 0 Å². The van der Waals surface area contributed by atoms with Crippen LogP contribution in [0.15, 0.2) is 29.4 Å². The van der Waals surface area contributed by atoms with Crippen molar-refractivity contribution in [1.82, 2.24) is 4.98 Å². The lowest BCUT2D eigenvalue weighted by Gasteiger charge is -1.95. The molecule has 0 aliphatic heterocycles. The summed E-state index contributed by atoms with van der Waals surface area (Å²) in [4.78, 5) is 3.07. The van der Waals surface area contributed by atoms with Crippen LogP contribution < -0.4 is 4.74 Å². The first kappa shape index (κ1) is 8.62. The fraction of sp³-hybridized carbons (Fsp3) is 0.100. The summed E-state index contributed by atoms with van der Waals surface area (Å²) in [5.74, 6) is 0.601. The molecule has 4 nitrogen and oxygen atoms in total. The van der Waals surface area contributed by atoms with E-state index in [9.17, 15) is 0 Å². The standard InChI is InChI=1S/C10H10N2O2/c1-14-10-8(6-11-13)7-4-2-3-5-9(7)12-10/h2-6,12-13H,1H3. The number of H-pyrrole nitrogens is 1. The maximum atomic E-state index is 8.52. The van der Waals surface area contributed by atoms with Crippen molar-refractivity contribution in [3.05, 3.63) is 29.8 Å². The van der Waals surface area contributed by atoms with Gasteiger partial charge >= 0.3 is 0 Å². The number of hydrogen-bond donors (Lipinski definition) is 2. The summed E-state index contributed by atoms with van der Waals surface area (Å²) in [5.41, 5.74) is 1.71. The molecule has 0 saturated heterocycles. The van der Waals surface area contributed by atoms with Gasteiger partial charge < -0.3 is 14.9 Å². The Morgan fingerprint density at radius 1 is 1.43 bits per heavy atom. The Kier molecular flexibility index (Phi) is 2.10. The monoisotopic (exact) mass is 190 g/mol. The van der Waals surface area contributed by atoms with E-state index in [-0.39, 0.29) is 0 Å². The van der Waals surface area contributed by atoms with Crippen LogP contribution in [0.4, 0.5) is 0 Å². The summed E-state index contributed by atoms with van der Waals surface area (Å²) in [6.07, 6.45) is 1.36. The van der Waals surface area contributed by atoms with Crippen molar-refractivity contribution in [2.45, 2.75) is 0 Å². The van der Waals surface area contributed by atoms with Gasteiger partial charge in [-0.2, -0.15) is 0 Å². The third kappa shape index (κ3) is 1.21. The Morgan fingerprint density at radius 2 is 2.21 bits per heavy atom. The minimum atomic E-state index is 0.601. The van der Waals surface area contributed by atoms with Crippen molar-refractivity contribution in [2.75, 3.05) is 7.11 Å². The number of fused-ring (bicyclic) bond motifs is 1. The van der Waals surface area contributed by atoms with Gasteiger partial charge in [-0.3, -0.25) is 0 Å². The number of hydrogen-bond acceptors (Lipinski definition) is 3. The number of rotatable bonds is 2. The molecular formula is C10H10N2O2. The van der Waals surface area contributed by atoms with E-state index >= 15 is 0 Å². The summed E-state index contributed by atoms with van der Waals surface area (Å²) < 4.78 is 5.12. The van der Waals surface area contributed by atoms with Gasteiger partial charge in [0.25, 0.3) is 0 Å². The normalized spacial score (nSPS) is 11.2. The number of methoxy groups -OCH3 is 1. The topological polar surface area (TPSA) is 57.6 Å². The second-order valence-electron chi connectivity index (χ2n) is 2.86. The van der Waals surface area contributed by atoms with E-state index in [0.29, 0.717) is 5.88 Å². The van der Waals surface area contributed by atoms with Gasteiger partial charge in [0.1, 0.15) is 0 Å². The molecule has 72 valence electrons. The van der Waals surface area contributed by atoms with Gasteiger partial charge in [0.2, 0.25) is 5.88 Å². The minimum Gasteiger partial charge on any atom is -0.482 e. The molecule has 1 aromatic carbocycles. The molecule has 2 N–H and O–H groups in total. The first-order valence-electron chi connectivity index (χ1n) is 4.19. The van der Waals surface area contributed by atoms with Gasteiger partial charge in [0.15, 0.2) is 0 Å². The molecule has 1 aromatic heterocycles. The van der Waals surface area contributed by atoms with E-state index in [1.54, 1.807) is 7.11 Å². The zero-order valence-corrected chi connectivity index (χ0v) is 7.69. The van der Waals surface area contributed by atoms with E-state index < -0.39 is 0 Å². The summed E-state index contributed by atoms with van der Waals surface area (Å²) in [7, 11) is 1.57. The van der Waals surface area contributed by atoms with E-state index in [0.717, 1.165) is 16.5 Å². The molecule has 0 spiro atoms. The molecule has 0 bridgehead atoms. The Morgan fingerprint density at radius 3 is 2.93 bits per heavy atom. The molecule has 0 radical (unpaired) electrons. The minimum absolute atomic E-state index is 0.601. The van der Waals surface area contributed by atoms with E-state index in [2.05, 4.69) is 10.1 Å². The number of nitrogens with zero attached hydrogens (tertiary/aromatic N) is 1. The van der Waals surface area contributed by atoms with Gasteiger partial charge in [-0.05, 0) is 6.07 Å². The third-order valence-electron chi connectivity index (χ3n) is 2.10. The molecule has 0 aliphatic carbocycles. The molecule has 4 heteroatoms. The predicted octanol–water partition coefficient (Wildman–Crippen LogP) is 1.98. The molecule has 0 amide bonds. The highest BCUT2D eigenvalue weighted by Crippen LogP contribution is 2.25. The largest absolute Gasteiger partial charge is 0.482 e. The summed E-state index contributed by atoms with van der Waals surface area (Å²) in [5, 5.41) is 12.5. The lowest BCUT2D eigenvalue weighted by molar-refractivity contribution is 0.321. The number of aromatic nitrogens is 1. The molecule has 2 rings (SSSR count).